The summed E-state index contributed by atoms with van der Waals surface area (Å²) < 4.78 is 15.9. The van der Waals surface area contributed by atoms with Gasteiger partial charge in [-0.25, -0.2) is 4.79 Å². The summed E-state index contributed by atoms with van der Waals surface area (Å²) in [6, 6.07) is 7.35. The molecule has 0 fully saturated rings. The fourth-order valence-electron chi connectivity index (χ4n) is 1.98. The number of rotatable bonds is 14. The van der Waals surface area contributed by atoms with Gasteiger partial charge in [0, 0.05) is 18.8 Å². The third-order valence-corrected chi connectivity index (χ3v) is 3.46. The second-order valence-corrected chi connectivity index (χ2v) is 5.57. The van der Waals surface area contributed by atoms with Crippen LogP contribution in [0.5, 0.6) is 0 Å². The molecular weight excluding hydrogens is 306 g/mol. The first kappa shape index (κ1) is 20.5. The molecule has 1 aromatic rings. The number of hydrogen-bond donors (Lipinski definition) is 1. The summed E-state index contributed by atoms with van der Waals surface area (Å²) in [7, 11) is 0. The number of anilines is 1. The molecule has 0 unspecified atom stereocenters. The van der Waals surface area contributed by atoms with Crippen molar-refractivity contribution in [3.8, 4) is 0 Å². The molecule has 0 aliphatic rings. The minimum absolute atomic E-state index is 0.254. The third kappa shape index (κ3) is 9.53. The van der Waals surface area contributed by atoms with Crippen molar-refractivity contribution in [3.63, 3.8) is 0 Å². The van der Waals surface area contributed by atoms with Gasteiger partial charge in [-0.15, -0.1) is 0 Å². The van der Waals surface area contributed by atoms with Crippen molar-refractivity contribution < 1.29 is 19.0 Å². The molecule has 0 heterocycles. The van der Waals surface area contributed by atoms with Crippen molar-refractivity contribution in [2.75, 3.05) is 44.9 Å². The molecular formula is C19H31NO4. The van der Waals surface area contributed by atoms with Gasteiger partial charge >= 0.3 is 5.97 Å². The lowest BCUT2D eigenvalue weighted by atomic mass is 10.2. The highest BCUT2D eigenvalue weighted by Crippen LogP contribution is 2.10. The molecule has 0 aliphatic heterocycles. The minimum atomic E-state index is -0.321. The molecule has 0 atom stereocenters. The van der Waals surface area contributed by atoms with Crippen LogP contribution >= 0.6 is 0 Å². The Morgan fingerprint density at radius 3 is 2.17 bits per heavy atom. The van der Waals surface area contributed by atoms with E-state index in [1.807, 2.05) is 12.1 Å². The van der Waals surface area contributed by atoms with E-state index in [9.17, 15) is 4.79 Å². The fourth-order valence-corrected chi connectivity index (χ4v) is 1.98. The van der Waals surface area contributed by atoms with Gasteiger partial charge in [0.1, 0.15) is 6.61 Å². The molecule has 5 heteroatoms. The monoisotopic (exact) mass is 337 g/mol. The van der Waals surface area contributed by atoms with E-state index in [4.69, 9.17) is 14.2 Å². The second kappa shape index (κ2) is 13.8. The maximum absolute atomic E-state index is 11.9. The molecule has 1 N–H and O–H groups in total. The van der Waals surface area contributed by atoms with Crippen molar-refractivity contribution >= 4 is 11.7 Å². The van der Waals surface area contributed by atoms with Gasteiger partial charge in [-0.1, -0.05) is 26.7 Å². The number of benzene rings is 1. The van der Waals surface area contributed by atoms with Crippen LogP contribution in [0, 0.1) is 0 Å². The molecule has 0 spiro atoms. The Morgan fingerprint density at radius 2 is 1.50 bits per heavy atom. The molecule has 0 saturated carbocycles. The van der Waals surface area contributed by atoms with Crippen LogP contribution in [-0.4, -0.2) is 45.5 Å². The van der Waals surface area contributed by atoms with Crippen molar-refractivity contribution in [1.82, 2.24) is 0 Å². The summed E-state index contributed by atoms with van der Waals surface area (Å²) in [4.78, 5) is 11.9. The van der Waals surface area contributed by atoms with Crippen LogP contribution in [0.1, 0.15) is 49.9 Å². The third-order valence-electron chi connectivity index (χ3n) is 3.46. The largest absolute Gasteiger partial charge is 0.460 e. The van der Waals surface area contributed by atoms with Crippen LogP contribution in [0.25, 0.3) is 0 Å². The molecule has 1 rings (SSSR count). The average Bonchev–Trinajstić information content (AvgIpc) is 2.61. The van der Waals surface area contributed by atoms with E-state index in [1.54, 1.807) is 12.1 Å². The molecule has 24 heavy (non-hydrogen) atoms. The van der Waals surface area contributed by atoms with E-state index in [-0.39, 0.29) is 12.6 Å². The normalized spacial score (nSPS) is 10.6. The Balaban J connectivity index is 2.10. The van der Waals surface area contributed by atoms with Gasteiger partial charge in [0.2, 0.25) is 0 Å². The molecule has 1 aromatic carbocycles. The number of ether oxygens (including phenoxy) is 3. The first-order valence-electron chi connectivity index (χ1n) is 8.94. The van der Waals surface area contributed by atoms with Gasteiger partial charge in [0.15, 0.2) is 0 Å². The molecule has 0 amide bonds. The van der Waals surface area contributed by atoms with Crippen LogP contribution in [-0.2, 0) is 14.2 Å². The summed E-state index contributed by atoms with van der Waals surface area (Å²) in [6.45, 7) is 7.76. The van der Waals surface area contributed by atoms with Crippen molar-refractivity contribution in [2.24, 2.45) is 0 Å². The van der Waals surface area contributed by atoms with Crippen molar-refractivity contribution in [3.05, 3.63) is 29.8 Å². The van der Waals surface area contributed by atoms with E-state index in [2.05, 4.69) is 19.2 Å². The van der Waals surface area contributed by atoms with Crippen LogP contribution in [0.3, 0.4) is 0 Å². The topological polar surface area (TPSA) is 56.8 Å². The lowest BCUT2D eigenvalue weighted by molar-refractivity contribution is 0.0143. The SMILES string of the molecule is CCCCNc1ccc(C(=O)OCCOCCOCCCC)cc1. The molecule has 0 bridgehead atoms. The van der Waals surface area contributed by atoms with Gasteiger partial charge in [-0.2, -0.15) is 0 Å². The Kier molecular flexibility index (Phi) is 11.8. The van der Waals surface area contributed by atoms with Gasteiger partial charge in [-0.05, 0) is 37.1 Å². The maximum atomic E-state index is 11.9. The molecule has 0 aromatic heterocycles. The lowest BCUT2D eigenvalue weighted by Crippen LogP contribution is -2.13. The number of unbranched alkanes of at least 4 members (excludes halogenated alkanes) is 2. The Hall–Kier alpha value is -1.59. The number of carbonyl (C=O) groups excluding carboxylic acids is 1. The van der Waals surface area contributed by atoms with Gasteiger partial charge in [-0.3, -0.25) is 0 Å². The lowest BCUT2D eigenvalue weighted by Gasteiger charge is -2.08. The zero-order valence-corrected chi connectivity index (χ0v) is 15.0. The Labute approximate surface area is 145 Å². The minimum Gasteiger partial charge on any atom is -0.460 e. The number of hydrogen-bond acceptors (Lipinski definition) is 5. The van der Waals surface area contributed by atoms with Crippen LogP contribution in [0.15, 0.2) is 24.3 Å². The summed E-state index contributed by atoms with van der Waals surface area (Å²) in [5.74, 6) is -0.321. The predicted molar refractivity (Wildman–Crippen MR) is 96.7 cm³/mol. The molecule has 0 radical (unpaired) electrons. The van der Waals surface area contributed by atoms with Crippen LogP contribution in [0.2, 0.25) is 0 Å². The molecule has 0 saturated heterocycles. The predicted octanol–water partition coefficient (Wildman–Crippen LogP) is 3.89. The standard InChI is InChI=1S/C19H31NO4/c1-3-5-11-20-18-9-7-17(8-10-18)19(21)24-16-15-23-14-13-22-12-6-4-2/h7-10,20H,3-6,11-16H2,1-2H3. The highest BCUT2D eigenvalue weighted by atomic mass is 16.6. The fraction of sp³-hybridized carbons (Fsp3) is 0.632. The Morgan fingerprint density at radius 1 is 0.875 bits per heavy atom. The average molecular weight is 337 g/mol. The number of nitrogens with one attached hydrogen (secondary N) is 1. The van der Waals surface area contributed by atoms with E-state index in [0.717, 1.165) is 44.5 Å². The maximum Gasteiger partial charge on any atom is 0.338 e. The van der Waals surface area contributed by atoms with Crippen LogP contribution in [0.4, 0.5) is 5.69 Å². The highest BCUT2D eigenvalue weighted by molar-refractivity contribution is 5.89. The zero-order chi connectivity index (χ0) is 17.5. The van der Waals surface area contributed by atoms with Crippen molar-refractivity contribution in [2.45, 2.75) is 39.5 Å². The van der Waals surface area contributed by atoms with Gasteiger partial charge < -0.3 is 19.5 Å². The quantitative estimate of drug-likeness (QED) is 0.412. The van der Waals surface area contributed by atoms with E-state index in [1.165, 1.54) is 0 Å². The molecule has 0 aliphatic carbocycles. The van der Waals surface area contributed by atoms with Gasteiger partial charge in [0.05, 0.1) is 25.4 Å². The summed E-state index contributed by atoms with van der Waals surface area (Å²) in [6.07, 6.45) is 4.49. The summed E-state index contributed by atoms with van der Waals surface area (Å²) in [5.41, 5.74) is 1.57. The first-order chi connectivity index (χ1) is 11.8. The van der Waals surface area contributed by atoms with E-state index >= 15 is 0 Å². The summed E-state index contributed by atoms with van der Waals surface area (Å²) >= 11 is 0. The molecule has 5 nitrogen and oxygen atoms in total. The number of carbonyl (C=O) groups is 1. The second-order valence-electron chi connectivity index (χ2n) is 5.57. The van der Waals surface area contributed by atoms with Crippen LogP contribution < -0.4 is 5.32 Å². The van der Waals surface area contributed by atoms with E-state index in [0.29, 0.717) is 25.4 Å². The Bertz CT molecular complexity index is 433. The zero-order valence-electron chi connectivity index (χ0n) is 15.0. The van der Waals surface area contributed by atoms with Gasteiger partial charge in [0.25, 0.3) is 0 Å². The first-order valence-corrected chi connectivity index (χ1v) is 8.94. The highest BCUT2D eigenvalue weighted by Gasteiger charge is 2.06. The van der Waals surface area contributed by atoms with Crippen molar-refractivity contribution in [1.29, 1.82) is 0 Å². The van der Waals surface area contributed by atoms with E-state index < -0.39 is 0 Å². The molecule has 136 valence electrons. The smallest absolute Gasteiger partial charge is 0.338 e. The summed E-state index contributed by atoms with van der Waals surface area (Å²) in [5, 5.41) is 3.31. The number of esters is 1.